The van der Waals surface area contributed by atoms with Gasteiger partial charge < -0.3 is 0 Å². The van der Waals surface area contributed by atoms with E-state index in [4.69, 9.17) is 0 Å². The molecular weight excluding hydrogens is 146 g/mol. The largest absolute Gasteiger partial charge is 0.264 e. The number of rotatable bonds is 2. The molecule has 0 bridgehead atoms. The topological polar surface area (TPSA) is 12.9 Å². The van der Waals surface area contributed by atoms with Gasteiger partial charge in [-0.15, -0.1) is 0 Å². The molecule has 0 aliphatic rings. The predicted molar refractivity (Wildman–Crippen MR) is 52.7 cm³/mol. The van der Waals surface area contributed by atoms with Crippen LogP contribution in [0.4, 0.5) is 0 Å². The fourth-order valence-corrected chi connectivity index (χ4v) is 0.891. The van der Waals surface area contributed by atoms with Crippen molar-refractivity contribution in [1.82, 2.24) is 4.98 Å². The molecule has 0 amide bonds. The quantitative estimate of drug-likeness (QED) is 0.649. The average molecular weight is 161 g/mol. The van der Waals surface area contributed by atoms with Crippen LogP contribution in [-0.4, -0.2) is 4.98 Å². The summed E-state index contributed by atoms with van der Waals surface area (Å²) < 4.78 is 0. The first kappa shape index (κ1) is 8.98. The second-order valence-electron chi connectivity index (χ2n) is 3.33. The maximum absolute atomic E-state index is 4.05. The van der Waals surface area contributed by atoms with Crippen LogP contribution in [0.1, 0.15) is 26.3 Å². The van der Waals surface area contributed by atoms with E-state index in [1.54, 1.807) is 6.20 Å². The van der Waals surface area contributed by atoms with Crippen molar-refractivity contribution in [2.75, 3.05) is 0 Å². The van der Waals surface area contributed by atoms with Crippen LogP contribution in [0.2, 0.25) is 0 Å². The number of nitrogens with zero attached hydrogens (tertiary/aromatic N) is 1. The van der Waals surface area contributed by atoms with E-state index in [1.165, 1.54) is 11.1 Å². The second-order valence-corrected chi connectivity index (χ2v) is 3.33. The zero-order chi connectivity index (χ0) is 8.97. The number of hydrogen-bond donors (Lipinski definition) is 0. The highest BCUT2D eigenvalue weighted by Gasteiger charge is 1.95. The van der Waals surface area contributed by atoms with Crippen LogP contribution in [0, 0.1) is 5.92 Å². The molecule has 12 heavy (non-hydrogen) atoms. The van der Waals surface area contributed by atoms with Gasteiger partial charge in [-0.3, -0.25) is 4.98 Å². The Bertz CT molecular complexity index is 260. The molecule has 1 heterocycles. The van der Waals surface area contributed by atoms with Gasteiger partial charge in [0.1, 0.15) is 0 Å². The zero-order valence-electron chi connectivity index (χ0n) is 7.91. The summed E-state index contributed by atoms with van der Waals surface area (Å²) in [5.74, 6) is 0.616. The van der Waals surface area contributed by atoms with Crippen molar-refractivity contribution >= 4 is 6.08 Å². The van der Waals surface area contributed by atoms with Crippen LogP contribution in [0.5, 0.6) is 0 Å². The molecule has 0 saturated heterocycles. The highest BCUT2D eigenvalue weighted by molar-refractivity contribution is 5.51. The molecule has 0 atom stereocenters. The molecule has 0 unspecified atom stereocenters. The lowest BCUT2D eigenvalue weighted by Gasteiger charge is -2.03. The Morgan fingerprint density at radius 3 is 2.75 bits per heavy atom. The van der Waals surface area contributed by atoms with E-state index in [1.807, 2.05) is 12.3 Å². The lowest BCUT2D eigenvalue weighted by atomic mass is 10.0. The molecule has 1 aromatic rings. The molecule has 0 N–H and O–H groups in total. The molecule has 1 aromatic heterocycles. The first-order chi connectivity index (χ1) is 5.70. The normalized spacial score (nSPS) is 12.2. The summed E-state index contributed by atoms with van der Waals surface area (Å²) >= 11 is 0. The third kappa shape index (κ3) is 2.50. The molecule has 1 rings (SSSR count). The minimum absolute atomic E-state index is 0.616. The molecular formula is C11H15N. The van der Waals surface area contributed by atoms with Crippen molar-refractivity contribution in [3.8, 4) is 0 Å². The monoisotopic (exact) mass is 161 g/mol. The van der Waals surface area contributed by atoms with Gasteiger partial charge in [0.2, 0.25) is 0 Å². The summed E-state index contributed by atoms with van der Waals surface area (Å²) in [6, 6.07) is 4.03. The van der Waals surface area contributed by atoms with Gasteiger partial charge >= 0.3 is 0 Å². The maximum atomic E-state index is 4.05. The van der Waals surface area contributed by atoms with E-state index in [0.717, 1.165) is 0 Å². The second kappa shape index (κ2) is 4.05. The average Bonchev–Trinajstić information content (AvgIpc) is 2.06. The summed E-state index contributed by atoms with van der Waals surface area (Å²) in [6.07, 6.45) is 5.85. The molecule has 1 nitrogen and oxygen atoms in total. The van der Waals surface area contributed by atoms with Crippen molar-refractivity contribution in [1.29, 1.82) is 0 Å². The van der Waals surface area contributed by atoms with Crippen molar-refractivity contribution in [3.05, 3.63) is 35.7 Å². The number of hydrogen-bond acceptors (Lipinski definition) is 1. The zero-order valence-corrected chi connectivity index (χ0v) is 7.91. The Hall–Kier alpha value is -1.11. The fraction of sp³-hybridized carbons (Fsp3) is 0.364. The lowest BCUT2D eigenvalue weighted by Crippen LogP contribution is -1.88. The molecule has 0 fully saturated rings. The molecule has 0 aliphatic heterocycles. The van der Waals surface area contributed by atoms with Crippen molar-refractivity contribution in [2.24, 2.45) is 5.92 Å². The van der Waals surface area contributed by atoms with Crippen LogP contribution in [0.15, 0.2) is 30.1 Å². The molecule has 0 spiro atoms. The van der Waals surface area contributed by atoms with Gasteiger partial charge in [0, 0.05) is 12.4 Å². The van der Waals surface area contributed by atoms with Gasteiger partial charge in [0.15, 0.2) is 0 Å². The smallest absolute Gasteiger partial charge is 0.0340 e. The fourth-order valence-electron chi connectivity index (χ4n) is 0.891. The molecule has 0 aliphatic carbocycles. The van der Waals surface area contributed by atoms with Gasteiger partial charge in [-0.1, -0.05) is 31.6 Å². The van der Waals surface area contributed by atoms with E-state index in [9.17, 15) is 0 Å². The van der Waals surface area contributed by atoms with Gasteiger partial charge in [0.25, 0.3) is 0 Å². The van der Waals surface area contributed by atoms with Gasteiger partial charge in [-0.25, -0.2) is 0 Å². The Balaban J connectivity index is 2.81. The van der Waals surface area contributed by atoms with E-state index in [0.29, 0.717) is 5.92 Å². The van der Waals surface area contributed by atoms with E-state index >= 15 is 0 Å². The molecule has 0 aromatic carbocycles. The Labute approximate surface area is 74.2 Å². The highest BCUT2D eigenvalue weighted by atomic mass is 14.6. The first-order valence-corrected chi connectivity index (χ1v) is 4.28. The van der Waals surface area contributed by atoms with Crippen LogP contribution in [0.3, 0.4) is 0 Å². The third-order valence-corrected chi connectivity index (χ3v) is 1.99. The van der Waals surface area contributed by atoms with E-state index < -0.39 is 0 Å². The minimum atomic E-state index is 0.616. The standard InChI is InChI=1S/C11H15N/c1-9(2)10(3)7-11-5-4-6-12-8-11/h4-9H,1-3H3/b10-7-. The first-order valence-electron chi connectivity index (χ1n) is 4.28. The van der Waals surface area contributed by atoms with Crippen molar-refractivity contribution < 1.29 is 0 Å². The number of allylic oxidation sites excluding steroid dienone is 1. The summed E-state index contributed by atoms with van der Waals surface area (Å²) in [6.45, 7) is 6.54. The van der Waals surface area contributed by atoms with Crippen molar-refractivity contribution in [2.45, 2.75) is 20.8 Å². The van der Waals surface area contributed by atoms with Crippen LogP contribution < -0.4 is 0 Å². The Kier molecular flexibility index (Phi) is 3.03. The SMILES string of the molecule is C/C(=C/c1cccnc1)C(C)C. The highest BCUT2D eigenvalue weighted by Crippen LogP contribution is 2.12. The van der Waals surface area contributed by atoms with Crippen LogP contribution in [-0.2, 0) is 0 Å². The summed E-state index contributed by atoms with van der Waals surface area (Å²) in [5, 5.41) is 0. The summed E-state index contributed by atoms with van der Waals surface area (Å²) in [4.78, 5) is 4.05. The summed E-state index contributed by atoms with van der Waals surface area (Å²) in [7, 11) is 0. The van der Waals surface area contributed by atoms with E-state index in [2.05, 4.69) is 37.9 Å². The molecule has 64 valence electrons. The maximum Gasteiger partial charge on any atom is 0.0340 e. The third-order valence-electron chi connectivity index (χ3n) is 1.99. The Morgan fingerprint density at radius 1 is 1.50 bits per heavy atom. The predicted octanol–water partition coefficient (Wildman–Crippen LogP) is 3.14. The number of pyridine rings is 1. The van der Waals surface area contributed by atoms with Gasteiger partial charge in [-0.2, -0.15) is 0 Å². The van der Waals surface area contributed by atoms with Crippen LogP contribution in [0.25, 0.3) is 6.08 Å². The van der Waals surface area contributed by atoms with Crippen LogP contribution >= 0.6 is 0 Å². The molecule has 1 heteroatoms. The van der Waals surface area contributed by atoms with Crippen molar-refractivity contribution in [3.63, 3.8) is 0 Å². The number of aromatic nitrogens is 1. The molecule has 0 radical (unpaired) electrons. The van der Waals surface area contributed by atoms with Gasteiger partial charge in [-0.05, 0) is 24.5 Å². The summed E-state index contributed by atoms with van der Waals surface area (Å²) in [5.41, 5.74) is 2.58. The van der Waals surface area contributed by atoms with E-state index in [-0.39, 0.29) is 0 Å². The molecule has 0 saturated carbocycles. The minimum Gasteiger partial charge on any atom is -0.264 e. The Morgan fingerprint density at radius 2 is 2.25 bits per heavy atom. The lowest BCUT2D eigenvalue weighted by molar-refractivity contribution is 0.776. The van der Waals surface area contributed by atoms with Gasteiger partial charge in [0.05, 0.1) is 0 Å².